The number of likely N-dealkylation sites (tertiary alicyclic amines) is 1. The number of nitrogens with one attached hydrogen (secondary N) is 3. The van der Waals surface area contributed by atoms with Crippen LogP contribution in [0, 0.1) is 12.3 Å². The summed E-state index contributed by atoms with van der Waals surface area (Å²) in [6, 6.07) is 6.33. The number of aliphatic hydroxyl groups excluding tert-OH is 1. The number of unbranched alkanes of at least 4 members (excludes halogenated alkanes) is 2. The Morgan fingerprint density at radius 1 is 1.14 bits per heavy atom. The second-order valence-electron chi connectivity index (χ2n) is 13.1. The van der Waals surface area contributed by atoms with Crippen LogP contribution in [-0.2, 0) is 25.7 Å². The number of β-amino-alcohol motifs (C(OH)–C–C–N with tert-alkyl or cyclic N) is 1. The Labute approximate surface area is 265 Å². The van der Waals surface area contributed by atoms with Gasteiger partial charge in [0.1, 0.15) is 12.1 Å². The second kappa shape index (κ2) is 15.9. The van der Waals surface area contributed by atoms with Crippen LogP contribution in [0.15, 0.2) is 29.8 Å². The Morgan fingerprint density at radius 2 is 1.86 bits per heavy atom. The number of hydrogen-bond acceptors (Lipinski definition) is 8. The van der Waals surface area contributed by atoms with E-state index in [0.29, 0.717) is 32.1 Å². The Bertz CT molecular complexity index is 1240. The van der Waals surface area contributed by atoms with Crippen LogP contribution < -0.4 is 16.0 Å². The van der Waals surface area contributed by atoms with Gasteiger partial charge in [-0.05, 0) is 62.2 Å². The fourth-order valence-electron chi connectivity index (χ4n) is 5.79. The van der Waals surface area contributed by atoms with E-state index >= 15 is 0 Å². The number of ether oxygens (including phenoxy) is 1. The number of nitrogens with zero attached hydrogens (tertiary/aromatic N) is 2. The molecule has 2 fully saturated rings. The Hall–Kier alpha value is -2.86. The summed E-state index contributed by atoms with van der Waals surface area (Å²) in [5.41, 5.74) is 4.23. The van der Waals surface area contributed by atoms with E-state index in [9.17, 15) is 19.5 Å². The third-order valence-electron chi connectivity index (χ3n) is 8.40. The minimum absolute atomic E-state index is 0.0549. The summed E-state index contributed by atoms with van der Waals surface area (Å²) in [6.45, 7) is 10.7. The minimum atomic E-state index is -0.818. The Kier molecular flexibility index (Phi) is 12.3. The maximum atomic E-state index is 13.8. The van der Waals surface area contributed by atoms with Crippen molar-refractivity contribution in [3.05, 3.63) is 41.0 Å². The number of hydrogen-bond donors (Lipinski definition) is 4. The highest BCUT2D eigenvalue weighted by Gasteiger charge is 2.44. The largest absolute Gasteiger partial charge is 0.391 e. The first-order valence-electron chi connectivity index (χ1n) is 15.9. The van der Waals surface area contributed by atoms with E-state index in [4.69, 9.17) is 4.74 Å². The van der Waals surface area contributed by atoms with E-state index in [1.54, 1.807) is 11.3 Å². The number of carbonyl (C=O) groups excluding carboxylic acids is 3. The highest BCUT2D eigenvalue weighted by Crippen LogP contribution is 2.28. The molecule has 3 atom stereocenters. The van der Waals surface area contributed by atoms with Crippen LogP contribution >= 0.6 is 11.3 Å². The fourth-order valence-corrected chi connectivity index (χ4v) is 6.60. The van der Waals surface area contributed by atoms with Crippen LogP contribution in [0.2, 0.25) is 0 Å². The van der Waals surface area contributed by atoms with Gasteiger partial charge in [-0.2, -0.15) is 0 Å². The average Bonchev–Trinajstić information content (AvgIpc) is 3.61. The van der Waals surface area contributed by atoms with Gasteiger partial charge in [-0.3, -0.25) is 14.4 Å². The lowest BCUT2D eigenvalue weighted by atomic mass is 9.85. The predicted octanol–water partition coefficient (Wildman–Crippen LogP) is 3.56. The van der Waals surface area contributed by atoms with Gasteiger partial charge in [0.25, 0.3) is 0 Å². The SMILES string of the molecule is Cc1ncsc1-c1ccc(CNC(=O)[C@@H]2C[C@@H](O)CN2C(=O)[C@@H](NC(=O)CCCCCOC2CCNCC2)C(C)(C)C)cc1. The highest BCUT2D eigenvalue weighted by atomic mass is 32.1. The van der Waals surface area contributed by atoms with Gasteiger partial charge < -0.3 is 30.7 Å². The van der Waals surface area contributed by atoms with Gasteiger partial charge in [-0.25, -0.2) is 4.98 Å². The fraction of sp³-hybridized carbons (Fsp3) is 0.636. The number of carbonyl (C=O) groups is 3. The van der Waals surface area contributed by atoms with Crippen LogP contribution in [-0.4, -0.2) is 83.2 Å². The van der Waals surface area contributed by atoms with Crippen molar-refractivity contribution in [3.8, 4) is 10.4 Å². The molecule has 2 aliphatic rings. The normalized spacial score (nSPS) is 20.0. The summed E-state index contributed by atoms with van der Waals surface area (Å²) in [6.07, 6.45) is 4.58. The van der Waals surface area contributed by atoms with E-state index < -0.39 is 23.6 Å². The van der Waals surface area contributed by atoms with Crippen LogP contribution in [0.3, 0.4) is 0 Å². The van der Waals surface area contributed by atoms with Gasteiger partial charge in [-0.1, -0.05) is 51.5 Å². The molecule has 4 N–H and O–H groups in total. The topological polar surface area (TPSA) is 133 Å². The van der Waals surface area contributed by atoms with Gasteiger partial charge in [0.15, 0.2) is 0 Å². The smallest absolute Gasteiger partial charge is 0.246 e. The maximum absolute atomic E-state index is 13.8. The Morgan fingerprint density at radius 3 is 2.52 bits per heavy atom. The zero-order chi connectivity index (χ0) is 31.7. The third-order valence-corrected chi connectivity index (χ3v) is 9.38. The van der Waals surface area contributed by atoms with Crippen molar-refractivity contribution in [1.82, 2.24) is 25.8 Å². The zero-order valence-electron chi connectivity index (χ0n) is 26.6. The second-order valence-corrected chi connectivity index (χ2v) is 13.9. The zero-order valence-corrected chi connectivity index (χ0v) is 27.4. The number of rotatable bonds is 13. The molecule has 4 rings (SSSR count). The average molecular weight is 628 g/mol. The van der Waals surface area contributed by atoms with E-state index in [0.717, 1.165) is 60.5 Å². The summed E-state index contributed by atoms with van der Waals surface area (Å²) in [7, 11) is 0. The molecule has 1 aromatic heterocycles. The highest BCUT2D eigenvalue weighted by molar-refractivity contribution is 7.13. The Balaban J connectivity index is 1.27. The molecule has 11 heteroatoms. The van der Waals surface area contributed by atoms with Gasteiger partial charge in [0.2, 0.25) is 17.7 Å². The van der Waals surface area contributed by atoms with Crippen LogP contribution in [0.4, 0.5) is 0 Å². The van der Waals surface area contributed by atoms with Crippen molar-refractivity contribution < 1.29 is 24.2 Å². The van der Waals surface area contributed by atoms with E-state index in [1.807, 2.05) is 57.5 Å². The number of amides is 3. The van der Waals surface area contributed by atoms with Gasteiger partial charge in [0, 0.05) is 32.5 Å². The molecule has 10 nitrogen and oxygen atoms in total. The van der Waals surface area contributed by atoms with Crippen molar-refractivity contribution in [2.24, 2.45) is 5.41 Å². The minimum Gasteiger partial charge on any atom is -0.391 e. The molecule has 3 amide bonds. The molecule has 0 aliphatic carbocycles. The van der Waals surface area contributed by atoms with Crippen LogP contribution in [0.25, 0.3) is 10.4 Å². The van der Waals surface area contributed by atoms with Gasteiger partial charge in [-0.15, -0.1) is 11.3 Å². The van der Waals surface area contributed by atoms with Crippen molar-refractivity contribution in [3.63, 3.8) is 0 Å². The molecule has 0 saturated carbocycles. The number of aryl methyl sites for hydroxylation is 1. The van der Waals surface area contributed by atoms with Crippen LogP contribution in [0.1, 0.15) is 77.0 Å². The first-order valence-corrected chi connectivity index (χ1v) is 16.8. The summed E-state index contributed by atoms with van der Waals surface area (Å²) >= 11 is 1.59. The van der Waals surface area contributed by atoms with Crippen molar-refractivity contribution in [1.29, 1.82) is 0 Å². The first-order chi connectivity index (χ1) is 21.0. The van der Waals surface area contributed by atoms with Gasteiger partial charge >= 0.3 is 0 Å². The molecule has 1 aromatic carbocycles. The lowest BCUT2D eigenvalue weighted by molar-refractivity contribution is -0.144. The molecule has 2 aromatic rings. The van der Waals surface area contributed by atoms with E-state index in [-0.39, 0.29) is 30.7 Å². The molecule has 0 bridgehead atoms. The molecule has 0 radical (unpaired) electrons. The predicted molar refractivity (Wildman–Crippen MR) is 172 cm³/mol. The molecule has 2 saturated heterocycles. The molecule has 2 aliphatic heterocycles. The molecule has 242 valence electrons. The van der Waals surface area contributed by atoms with E-state index in [2.05, 4.69) is 20.9 Å². The quantitative estimate of drug-likeness (QED) is 0.250. The monoisotopic (exact) mass is 627 g/mol. The molecule has 0 unspecified atom stereocenters. The first kappa shape index (κ1) is 34.0. The van der Waals surface area contributed by atoms with E-state index in [1.165, 1.54) is 4.90 Å². The summed E-state index contributed by atoms with van der Waals surface area (Å²) in [4.78, 5) is 46.8. The molecule has 0 spiro atoms. The maximum Gasteiger partial charge on any atom is 0.246 e. The van der Waals surface area contributed by atoms with Gasteiger partial charge in [0.05, 0.1) is 28.3 Å². The number of benzene rings is 1. The molecule has 3 heterocycles. The molecular formula is C33H49N5O5S. The summed E-state index contributed by atoms with van der Waals surface area (Å²) in [5.74, 6) is -0.847. The molecule has 44 heavy (non-hydrogen) atoms. The number of aromatic nitrogens is 1. The standard InChI is InChI=1S/C33H49N5O5S/c1-22-29(44-21-36-22)24-11-9-23(10-12-24)19-35-31(41)27-18-25(39)20-38(27)32(42)30(33(2,3)4)37-28(40)8-6-5-7-17-43-26-13-15-34-16-14-26/h9-12,21,25-27,30,34,39H,5-8,13-20H2,1-4H3,(H,35,41)(H,37,40)/t25-,27+,30-/m1/s1. The van der Waals surface area contributed by atoms with Crippen molar-refractivity contribution in [2.45, 2.75) is 103 Å². The van der Waals surface area contributed by atoms with Crippen LogP contribution in [0.5, 0.6) is 0 Å². The summed E-state index contributed by atoms with van der Waals surface area (Å²) in [5, 5.41) is 19.7. The van der Waals surface area contributed by atoms with Crippen molar-refractivity contribution in [2.75, 3.05) is 26.2 Å². The number of aliphatic hydroxyl groups is 1. The lowest BCUT2D eigenvalue weighted by Gasteiger charge is -2.35. The number of piperidine rings is 1. The number of thiazole rings is 1. The molecular weight excluding hydrogens is 578 g/mol. The lowest BCUT2D eigenvalue weighted by Crippen LogP contribution is -2.57. The third kappa shape index (κ3) is 9.57. The van der Waals surface area contributed by atoms with Crippen molar-refractivity contribution >= 4 is 29.1 Å². The summed E-state index contributed by atoms with van der Waals surface area (Å²) < 4.78 is 5.94.